The fourth-order valence-electron chi connectivity index (χ4n) is 3.89. The highest BCUT2D eigenvalue weighted by Crippen LogP contribution is 2.27. The van der Waals surface area contributed by atoms with E-state index < -0.39 is 0 Å². The van der Waals surface area contributed by atoms with Crippen molar-refractivity contribution in [2.24, 2.45) is 5.92 Å². The second-order valence-corrected chi connectivity index (χ2v) is 7.01. The standard InChI is InChI=1S/C19H22N4O3/c20-19-21-10-16(26-19)17(24)22-15-7-8-23(11-15)18(25)14-6-5-12-3-1-2-4-13(12)9-14/h1-4,10,14-15H,5-9,11H2,(H2,20,21)(H,22,24)/t14?,15-/m0/s1. The van der Waals surface area contributed by atoms with Gasteiger partial charge in [-0.15, -0.1) is 0 Å². The minimum absolute atomic E-state index is 0.0315. The Morgan fingerprint density at radius 3 is 2.81 bits per heavy atom. The molecule has 136 valence electrons. The molecular weight excluding hydrogens is 332 g/mol. The first-order chi connectivity index (χ1) is 12.6. The van der Waals surface area contributed by atoms with E-state index in [1.165, 1.54) is 17.3 Å². The molecule has 0 spiro atoms. The van der Waals surface area contributed by atoms with Crippen LogP contribution >= 0.6 is 0 Å². The van der Waals surface area contributed by atoms with E-state index in [1.807, 2.05) is 11.0 Å². The first kappa shape index (κ1) is 16.6. The van der Waals surface area contributed by atoms with Crippen LogP contribution in [-0.2, 0) is 17.6 Å². The van der Waals surface area contributed by atoms with Crippen molar-refractivity contribution in [3.05, 3.63) is 47.3 Å². The van der Waals surface area contributed by atoms with Gasteiger partial charge in [-0.3, -0.25) is 9.59 Å². The van der Waals surface area contributed by atoms with Crippen LogP contribution in [0, 0.1) is 5.92 Å². The molecule has 1 fully saturated rings. The van der Waals surface area contributed by atoms with Gasteiger partial charge in [0.25, 0.3) is 11.9 Å². The molecule has 1 unspecified atom stereocenters. The molecule has 0 radical (unpaired) electrons. The van der Waals surface area contributed by atoms with E-state index >= 15 is 0 Å². The summed E-state index contributed by atoms with van der Waals surface area (Å²) in [5.41, 5.74) is 8.03. The SMILES string of the molecule is Nc1ncc(C(=O)N[C@H]2CCN(C(=O)C3CCc4ccccc4C3)C2)o1. The van der Waals surface area contributed by atoms with Crippen LogP contribution in [0.15, 0.2) is 34.9 Å². The first-order valence-electron chi connectivity index (χ1n) is 8.98. The zero-order chi connectivity index (χ0) is 18.1. The Labute approximate surface area is 151 Å². The van der Waals surface area contributed by atoms with Gasteiger partial charge in [-0.05, 0) is 36.8 Å². The van der Waals surface area contributed by atoms with Crippen molar-refractivity contribution in [2.45, 2.75) is 31.7 Å². The maximum Gasteiger partial charge on any atom is 0.292 e. The van der Waals surface area contributed by atoms with Crippen molar-refractivity contribution in [1.82, 2.24) is 15.2 Å². The Bertz CT molecular complexity index is 832. The third-order valence-electron chi connectivity index (χ3n) is 5.28. The monoisotopic (exact) mass is 354 g/mol. The van der Waals surface area contributed by atoms with Gasteiger partial charge < -0.3 is 20.4 Å². The van der Waals surface area contributed by atoms with Crippen LogP contribution in [0.4, 0.5) is 6.01 Å². The van der Waals surface area contributed by atoms with Crippen molar-refractivity contribution in [3.63, 3.8) is 0 Å². The quantitative estimate of drug-likeness (QED) is 0.867. The van der Waals surface area contributed by atoms with Gasteiger partial charge in [-0.25, -0.2) is 4.98 Å². The molecule has 1 aliphatic heterocycles. The molecule has 4 rings (SSSR count). The molecule has 1 aromatic carbocycles. The molecule has 2 aromatic rings. The Morgan fingerprint density at radius 2 is 2.04 bits per heavy atom. The third kappa shape index (κ3) is 3.29. The Morgan fingerprint density at radius 1 is 1.23 bits per heavy atom. The van der Waals surface area contributed by atoms with E-state index in [0.29, 0.717) is 13.1 Å². The molecule has 1 aromatic heterocycles. The summed E-state index contributed by atoms with van der Waals surface area (Å²) in [6.45, 7) is 1.20. The van der Waals surface area contributed by atoms with Gasteiger partial charge in [0.1, 0.15) is 0 Å². The minimum Gasteiger partial charge on any atom is -0.418 e. The topological polar surface area (TPSA) is 101 Å². The summed E-state index contributed by atoms with van der Waals surface area (Å²) in [6.07, 6.45) is 4.69. The van der Waals surface area contributed by atoms with Gasteiger partial charge in [0.05, 0.1) is 6.20 Å². The summed E-state index contributed by atoms with van der Waals surface area (Å²) in [4.78, 5) is 30.6. The average molecular weight is 354 g/mol. The molecule has 7 nitrogen and oxygen atoms in total. The van der Waals surface area contributed by atoms with Crippen molar-refractivity contribution in [1.29, 1.82) is 0 Å². The van der Waals surface area contributed by atoms with Crippen LogP contribution in [-0.4, -0.2) is 40.8 Å². The largest absolute Gasteiger partial charge is 0.418 e. The number of benzene rings is 1. The van der Waals surface area contributed by atoms with Crippen LogP contribution in [0.2, 0.25) is 0 Å². The number of nitrogens with two attached hydrogens (primary N) is 1. The summed E-state index contributed by atoms with van der Waals surface area (Å²) < 4.78 is 5.03. The lowest BCUT2D eigenvalue weighted by Gasteiger charge is -2.28. The Kier molecular flexibility index (Phi) is 4.36. The molecule has 2 atom stereocenters. The maximum atomic E-state index is 12.9. The van der Waals surface area contributed by atoms with E-state index in [-0.39, 0.29) is 35.5 Å². The smallest absolute Gasteiger partial charge is 0.292 e. The molecule has 3 N–H and O–H groups in total. The van der Waals surface area contributed by atoms with Crippen LogP contribution in [0.5, 0.6) is 0 Å². The number of nitrogens with zero attached hydrogens (tertiary/aromatic N) is 2. The van der Waals surface area contributed by atoms with E-state index in [4.69, 9.17) is 10.2 Å². The predicted molar refractivity (Wildman–Crippen MR) is 95.3 cm³/mol. The van der Waals surface area contributed by atoms with Gasteiger partial charge >= 0.3 is 0 Å². The zero-order valence-electron chi connectivity index (χ0n) is 14.5. The zero-order valence-corrected chi connectivity index (χ0v) is 14.5. The number of nitrogen functional groups attached to an aromatic ring is 1. The molecule has 2 amide bonds. The van der Waals surface area contributed by atoms with Crippen LogP contribution in [0.25, 0.3) is 0 Å². The van der Waals surface area contributed by atoms with Gasteiger partial charge in [-0.1, -0.05) is 24.3 Å². The second kappa shape index (κ2) is 6.82. The molecule has 7 heteroatoms. The second-order valence-electron chi connectivity index (χ2n) is 7.01. The number of aromatic nitrogens is 1. The molecule has 2 aliphatic rings. The molecule has 2 heterocycles. The predicted octanol–water partition coefficient (Wildman–Crippen LogP) is 1.39. The number of fused-ring (bicyclic) bond motifs is 1. The number of carbonyl (C=O) groups is 2. The van der Waals surface area contributed by atoms with Crippen molar-refractivity contribution in [2.75, 3.05) is 18.8 Å². The molecule has 26 heavy (non-hydrogen) atoms. The molecule has 1 saturated heterocycles. The number of hydrogen-bond acceptors (Lipinski definition) is 5. The number of aryl methyl sites for hydroxylation is 1. The van der Waals surface area contributed by atoms with Crippen molar-refractivity contribution >= 4 is 17.8 Å². The summed E-state index contributed by atoms with van der Waals surface area (Å²) >= 11 is 0. The average Bonchev–Trinajstić information content (AvgIpc) is 3.30. The maximum absolute atomic E-state index is 12.9. The number of likely N-dealkylation sites (tertiary alicyclic amines) is 1. The van der Waals surface area contributed by atoms with Gasteiger partial charge in [-0.2, -0.15) is 0 Å². The number of oxazole rings is 1. The highest BCUT2D eigenvalue weighted by atomic mass is 16.4. The lowest BCUT2D eigenvalue weighted by atomic mass is 9.83. The Hall–Kier alpha value is -2.83. The third-order valence-corrected chi connectivity index (χ3v) is 5.28. The number of anilines is 1. The van der Waals surface area contributed by atoms with Crippen LogP contribution < -0.4 is 11.1 Å². The summed E-state index contributed by atoms with van der Waals surface area (Å²) in [6, 6.07) is 8.24. The van der Waals surface area contributed by atoms with E-state index in [1.54, 1.807) is 0 Å². The number of rotatable bonds is 3. The Balaban J connectivity index is 1.34. The molecule has 0 saturated carbocycles. The fourth-order valence-corrected chi connectivity index (χ4v) is 3.89. The lowest BCUT2D eigenvalue weighted by Crippen LogP contribution is -2.41. The lowest BCUT2D eigenvalue weighted by molar-refractivity contribution is -0.134. The number of amides is 2. The molecule has 0 bridgehead atoms. The number of carbonyl (C=O) groups excluding carboxylic acids is 2. The van der Waals surface area contributed by atoms with Crippen molar-refractivity contribution in [3.8, 4) is 0 Å². The van der Waals surface area contributed by atoms with Gasteiger partial charge in [0.2, 0.25) is 11.7 Å². The van der Waals surface area contributed by atoms with Crippen LogP contribution in [0.1, 0.15) is 34.5 Å². The summed E-state index contributed by atoms with van der Waals surface area (Å²) in [7, 11) is 0. The van der Waals surface area contributed by atoms with Gasteiger partial charge in [0, 0.05) is 25.0 Å². The number of hydrogen-bond donors (Lipinski definition) is 2. The minimum atomic E-state index is -0.347. The van der Waals surface area contributed by atoms with E-state index in [0.717, 1.165) is 25.7 Å². The number of nitrogens with one attached hydrogen (secondary N) is 1. The highest BCUT2D eigenvalue weighted by molar-refractivity contribution is 5.91. The molecular formula is C19H22N4O3. The van der Waals surface area contributed by atoms with Gasteiger partial charge in [0.15, 0.2) is 0 Å². The molecule has 1 aliphatic carbocycles. The summed E-state index contributed by atoms with van der Waals surface area (Å²) in [5, 5.41) is 2.89. The van der Waals surface area contributed by atoms with Crippen molar-refractivity contribution < 1.29 is 14.0 Å². The van der Waals surface area contributed by atoms with E-state index in [2.05, 4.69) is 28.5 Å². The van der Waals surface area contributed by atoms with Crippen LogP contribution in [0.3, 0.4) is 0 Å². The normalized spacial score (nSPS) is 22.1. The van der Waals surface area contributed by atoms with E-state index in [9.17, 15) is 9.59 Å². The first-order valence-corrected chi connectivity index (χ1v) is 8.98. The fraction of sp³-hybridized carbons (Fsp3) is 0.421. The highest BCUT2D eigenvalue weighted by Gasteiger charge is 2.33. The summed E-state index contributed by atoms with van der Waals surface area (Å²) in [5.74, 6) is -0.0233.